The minimum atomic E-state index is -0.114. The molecular weight excluding hydrogens is 600 g/mol. The van der Waals surface area contributed by atoms with Crippen molar-refractivity contribution >= 4 is 34.1 Å². The second-order valence-corrected chi connectivity index (χ2v) is 13.8. The number of nitrogens with one attached hydrogen (secondary N) is 1. The van der Waals surface area contributed by atoms with Crippen LogP contribution >= 0.6 is 11.3 Å². The molecule has 2 saturated heterocycles. The predicted molar refractivity (Wildman–Crippen MR) is 181 cm³/mol. The monoisotopic (exact) mass is 648 g/mol. The number of pyridine rings is 1. The van der Waals surface area contributed by atoms with Crippen molar-refractivity contribution < 1.29 is 23.8 Å². The number of rotatable bonds is 13. The Morgan fingerprint density at radius 3 is 2.67 bits per heavy atom. The number of para-hydroxylation sites is 1. The number of carbonyl (C=O) groups is 2. The molecule has 3 aromatic rings. The Hall–Kier alpha value is -2.89. The Balaban J connectivity index is 1.13. The lowest BCUT2D eigenvalue weighted by molar-refractivity contribution is -0.169. The molecule has 4 heterocycles. The smallest absolute Gasteiger partial charge is 0.252 e. The van der Waals surface area contributed by atoms with Crippen LogP contribution in [0.3, 0.4) is 0 Å². The maximum atomic E-state index is 14.2. The van der Waals surface area contributed by atoms with Gasteiger partial charge in [-0.2, -0.15) is 0 Å². The maximum Gasteiger partial charge on any atom is 0.252 e. The summed E-state index contributed by atoms with van der Waals surface area (Å²) in [7, 11) is 0. The molecule has 1 N–H and O–H groups in total. The first-order chi connectivity index (χ1) is 22.6. The molecule has 1 aromatic carbocycles. The molecule has 2 amide bonds. The Kier molecular flexibility index (Phi) is 11.7. The van der Waals surface area contributed by atoms with Crippen molar-refractivity contribution in [1.82, 2.24) is 20.1 Å². The van der Waals surface area contributed by atoms with E-state index in [9.17, 15) is 9.59 Å². The highest BCUT2D eigenvalue weighted by Gasteiger charge is 2.30. The molecule has 10 heteroatoms. The summed E-state index contributed by atoms with van der Waals surface area (Å²) in [6.07, 6.45) is 9.12. The molecule has 1 saturated carbocycles. The first-order valence-electron chi connectivity index (χ1n) is 17.1. The van der Waals surface area contributed by atoms with Crippen molar-refractivity contribution in [2.45, 2.75) is 77.2 Å². The quantitative estimate of drug-likeness (QED) is 0.232. The van der Waals surface area contributed by atoms with E-state index in [-0.39, 0.29) is 24.1 Å². The molecule has 2 atom stereocenters. The molecule has 248 valence electrons. The van der Waals surface area contributed by atoms with Gasteiger partial charge in [-0.15, -0.1) is 11.3 Å². The van der Waals surface area contributed by atoms with E-state index in [2.05, 4.69) is 23.2 Å². The van der Waals surface area contributed by atoms with Crippen LogP contribution in [0.1, 0.15) is 74.2 Å². The number of amides is 2. The van der Waals surface area contributed by atoms with Crippen LogP contribution in [0.2, 0.25) is 0 Å². The van der Waals surface area contributed by atoms with E-state index in [1.54, 1.807) is 11.3 Å². The van der Waals surface area contributed by atoms with E-state index in [1.807, 2.05) is 40.6 Å². The molecule has 3 aliphatic rings. The average Bonchev–Trinajstić information content (AvgIpc) is 3.63. The zero-order chi connectivity index (χ0) is 31.7. The largest absolute Gasteiger partial charge is 0.377 e. The van der Waals surface area contributed by atoms with Crippen molar-refractivity contribution in [3.8, 4) is 10.6 Å². The van der Waals surface area contributed by atoms with Crippen molar-refractivity contribution in [1.29, 1.82) is 0 Å². The molecule has 1 unspecified atom stereocenters. The number of benzene rings is 1. The molecule has 1 aliphatic carbocycles. The van der Waals surface area contributed by atoms with E-state index in [4.69, 9.17) is 19.2 Å². The second kappa shape index (κ2) is 16.3. The first-order valence-corrected chi connectivity index (χ1v) is 18.0. The zero-order valence-corrected chi connectivity index (χ0v) is 27.9. The second-order valence-electron chi connectivity index (χ2n) is 12.8. The number of carbonyl (C=O) groups excluding carboxylic acids is 2. The summed E-state index contributed by atoms with van der Waals surface area (Å²) in [6, 6.07) is 12.1. The van der Waals surface area contributed by atoms with Gasteiger partial charge in [0, 0.05) is 49.8 Å². The van der Waals surface area contributed by atoms with Gasteiger partial charge in [0.2, 0.25) is 5.91 Å². The normalized spacial score (nSPS) is 20.7. The summed E-state index contributed by atoms with van der Waals surface area (Å²) in [5.41, 5.74) is 3.21. The van der Waals surface area contributed by atoms with E-state index < -0.39 is 0 Å². The number of hydrogen-bond donors (Lipinski definition) is 1. The van der Waals surface area contributed by atoms with Crippen LogP contribution in [-0.2, 0) is 25.5 Å². The topological polar surface area (TPSA) is 93.2 Å². The summed E-state index contributed by atoms with van der Waals surface area (Å²) in [6.45, 7) is 7.01. The molecule has 9 nitrogen and oxygen atoms in total. The molecule has 46 heavy (non-hydrogen) atoms. The van der Waals surface area contributed by atoms with Crippen LogP contribution in [0.5, 0.6) is 0 Å². The molecule has 3 fully saturated rings. The van der Waals surface area contributed by atoms with Crippen LogP contribution in [0.15, 0.2) is 41.8 Å². The van der Waals surface area contributed by atoms with Crippen LogP contribution < -0.4 is 5.32 Å². The van der Waals surface area contributed by atoms with Crippen molar-refractivity contribution in [3.05, 3.63) is 52.9 Å². The summed E-state index contributed by atoms with van der Waals surface area (Å²) < 4.78 is 17.1. The third-order valence-electron chi connectivity index (χ3n) is 9.64. The number of aromatic nitrogens is 1. The van der Waals surface area contributed by atoms with Crippen LogP contribution in [-0.4, -0.2) is 91.5 Å². The lowest BCUT2D eigenvalue weighted by atomic mass is 9.84. The summed E-state index contributed by atoms with van der Waals surface area (Å²) in [4.78, 5) is 37.7. The highest BCUT2D eigenvalue weighted by Crippen LogP contribution is 2.34. The van der Waals surface area contributed by atoms with Gasteiger partial charge in [0.25, 0.3) is 5.91 Å². The Morgan fingerprint density at radius 1 is 1.04 bits per heavy atom. The number of ether oxygens (including phenoxy) is 3. The minimum absolute atomic E-state index is 0.0504. The third-order valence-corrected chi connectivity index (χ3v) is 10.5. The fourth-order valence-electron chi connectivity index (χ4n) is 7.02. The lowest BCUT2D eigenvalue weighted by Crippen LogP contribution is -2.51. The van der Waals surface area contributed by atoms with Crippen molar-refractivity contribution in [2.24, 2.45) is 5.92 Å². The van der Waals surface area contributed by atoms with Gasteiger partial charge < -0.3 is 24.4 Å². The molecule has 0 radical (unpaired) electrons. The SMILES string of the molecule is CC(NC(=O)c1c(CN2CCN(CCOCCO[C@H]3CCCCO3)C(=O)C2)c(-c2cccs2)nc2ccccc12)C1CCCCC1. The fourth-order valence-corrected chi connectivity index (χ4v) is 7.76. The van der Waals surface area contributed by atoms with Gasteiger partial charge in [0.05, 0.1) is 48.0 Å². The van der Waals surface area contributed by atoms with Gasteiger partial charge in [0.1, 0.15) is 0 Å². The van der Waals surface area contributed by atoms with Crippen LogP contribution in [0.25, 0.3) is 21.5 Å². The van der Waals surface area contributed by atoms with Crippen LogP contribution in [0, 0.1) is 5.92 Å². The maximum absolute atomic E-state index is 14.2. The van der Waals surface area contributed by atoms with Gasteiger partial charge >= 0.3 is 0 Å². The van der Waals surface area contributed by atoms with Gasteiger partial charge in [0.15, 0.2) is 6.29 Å². The molecule has 2 aromatic heterocycles. The molecule has 2 aliphatic heterocycles. The van der Waals surface area contributed by atoms with Crippen molar-refractivity contribution in [2.75, 3.05) is 52.6 Å². The van der Waals surface area contributed by atoms with Gasteiger partial charge in [-0.1, -0.05) is 43.5 Å². The summed E-state index contributed by atoms with van der Waals surface area (Å²) in [5, 5.41) is 6.29. The molecule has 6 rings (SSSR count). The number of fused-ring (bicyclic) bond motifs is 1. The van der Waals surface area contributed by atoms with E-state index in [0.29, 0.717) is 64.0 Å². The summed E-state index contributed by atoms with van der Waals surface area (Å²) >= 11 is 1.62. The number of piperazine rings is 1. The van der Waals surface area contributed by atoms with E-state index >= 15 is 0 Å². The number of nitrogens with zero attached hydrogens (tertiary/aromatic N) is 3. The lowest BCUT2D eigenvalue weighted by Gasteiger charge is -2.35. The Bertz CT molecular complexity index is 1440. The van der Waals surface area contributed by atoms with Crippen LogP contribution in [0.4, 0.5) is 0 Å². The van der Waals surface area contributed by atoms with Gasteiger partial charge in [-0.25, -0.2) is 4.98 Å². The highest BCUT2D eigenvalue weighted by molar-refractivity contribution is 7.13. The Morgan fingerprint density at radius 2 is 1.89 bits per heavy atom. The third kappa shape index (κ3) is 8.33. The fraction of sp³-hybridized carbons (Fsp3) is 0.583. The molecule has 0 spiro atoms. The standard InChI is InChI=1S/C36H48N4O5S/c1-26(27-10-3-2-4-11-27)37-36(42)34-28-12-5-6-13-30(28)38-35(31-14-9-23-46-31)29(34)24-39-16-17-40(32(41)25-39)18-20-43-21-22-45-33-15-7-8-19-44-33/h5-6,9,12-14,23,26-27,33H,2-4,7-8,10-11,15-22,24-25H2,1H3,(H,37,42)/t26?,33-/m0/s1. The average molecular weight is 649 g/mol. The van der Waals surface area contributed by atoms with Crippen molar-refractivity contribution in [3.63, 3.8) is 0 Å². The summed E-state index contributed by atoms with van der Waals surface area (Å²) in [5.74, 6) is 0.523. The molecule has 0 bridgehead atoms. The highest BCUT2D eigenvalue weighted by atomic mass is 32.1. The van der Waals surface area contributed by atoms with E-state index in [1.165, 1.54) is 19.3 Å². The minimum Gasteiger partial charge on any atom is -0.377 e. The van der Waals surface area contributed by atoms with Gasteiger partial charge in [-0.3, -0.25) is 14.5 Å². The van der Waals surface area contributed by atoms with E-state index in [0.717, 1.165) is 65.7 Å². The number of hydrogen-bond acceptors (Lipinski definition) is 8. The Labute approximate surface area is 276 Å². The van der Waals surface area contributed by atoms with Gasteiger partial charge in [-0.05, 0) is 62.5 Å². The molecular formula is C36H48N4O5S. The number of thiophene rings is 1. The zero-order valence-electron chi connectivity index (χ0n) is 27.1. The predicted octanol–water partition coefficient (Wildman–Crippen LogP) is 5.87. The first kappa shape index (κ1) is 33.0.